The normalized spacial score (nSPS) is 15.9. The van der Waals surface area contributed by atoms with Crippen molar-refractivity contribution >= 4 is 35.2 Å². The molecule has 0 aromatic carbocycles. The highest BCUT2D eigenvalue weighted by Gasteiger charge is 2.27. The average molecular weight is 587 g/mol. The van der Waals surface area contributed by atoms with Crippen LogP contribution < -0.4 is 0 Å². The van der Waals surface area contributed by atoms with Gasteiger partial charge in [0.25, 0.3) is 5.91 Å². The van der Waals surface area contributed by atoms with Gasteiger partial charge >= 0.3 is 11.9 Å². The number of carbonyl (C=O) groups is 3. The SMILES string of the molecule is CCCCCC1=NN(C(=O)CCOC(=O)[C@H](C)OC(=O)CCCCCCCCCCCCl)O[C@H](CCCCC)C1. The summed E-state index contributed by atoms with van der Waals surface area (Å²) in [4.78, 5) is 43.0. The van der Waals surface area contributed by atoms with E-state index in [0.717, 1.165) is 100 Å². The Hall–Kier alpha value is -1.67. The predicted octanol–water partition coefficient (Wildman–Crippen LogP) is 8.04. The number of nitrogens with zero attached hydrogens (tertiary/aromatic N) is 2. The number of esters is 2. The van der Waals surface area contributed by atoms with E-state index in [4.69, 9.17) is 25.9 Å². The Morgan fingerprint density at radius 2 is 1.52 bits per heavy atom. The van der Waals surface area contributed by atoms with E-state index in [0.29, 0.717) is 0 Å². The summed E-state index contributed by atoms with van der Waals surface area (Å²) in [6, 6.07) is 0. The molecule has 0 radical (unpaired) electrons. The molecule has 1 aliphatic rings. The van der Waals surface area contributed by atoms with E-state index in [1.54, 1.807) is 0 Å². The van der Waals surface area contributed by atoms with Crippen molar-refractivity contribution in [3.8, 4) is 0 Å². The maximum absolute atomic E-state index is 12.8. The summed E-state index contributed by atoms with van der Waals surface area (Å²) >= 11 is 5.69. The second-order valence-electron chi connectivity index (χ2n) is 10.9. The molecular formula is C31H55ClN2O6. The molecule has 0 saturated heterocycles. The molecule has 8 nitrogen and oxygen atoms in total. The fourth-order valence-electron chi connectivity index (χ4n) is 4.61. The van der Waals surface area contributed by atoms with E-state index < -0.39 is 18.0 Å². The number of alkyl halides is 1. The molecule has 0 fully saturated rings. The van der Waals surface area contributed by atoms with Gasteiger partial charge in [-0.3, -0.25) is 9.59 Å². The van der Waals surface area contributed by atoms with Crippen LogP contribution in [0.15, 0.2) is 5.10 Å². The van der Waals surface area contributed by atoms with Crippen LogP contribution in [0.1, 0.15) is 149 Å². The second-order valence-corrected chi connectivity index (χ2v) is 11.3. The monoisotopic (exact) mass is 586 g/mol. The van der Waals surface area contributed by atoms with Gasteiger partial charge in [0, 0.05) is 24.4 Å². The first-order valence-electron chi connectivity index (χ1n) is 15.9. The minimum absolute atomic E-state index is 0.0491. The zero-order valence-corrected chi connectivity index (χ0v) is 26.2. The Labute approximate surface area is 247 Å². The molecule has 1 rings (SSSR count). The van der Waals surface area contributed by atoms with Gasteiger partial charge in [0.15, 0.2) is 6.10 Å². The van der Waals surface area contributed by atoms with Crippen LogP contribution in [-0.2, 0) is 28.7 Å². The van der Waals surface area contributed by atoms with E-state index in [1.807, 2.05) is 0 Å². The number of ether oxygens (including phenoxy) is 2. The van der Waals surface area contributed by atoms with Gasteiger partial charge in [-0.2, -0.15) is 5.10 Å². The largest absolute Gasteiger partial charge is 0.462 e. The van der Waals surface area contributed by atoms with Crippen molar-refractivity contribution in [2.45, 2.75) is 161 Å². The van der Waals surface area contributed by atoms with Crippen molar-refractivity contribution in [1.82, 2.24) is 5.17 Å². The zero-order chi connectivity index (χ0) is 29.4. The number of hydrogen-bond acceptors (Lipinski definition) is 7. The fourth-order valence-corrected chi connectivity index (χ4v) is 4.80. The molecule has 0 aromatic heterocycles. The van der Waals surface area contributed by atoms with Crippen LogP contribution in [0, 0.1) is 0 Å². The van der Waals surface area contributed by atoms with Crippen LogP contribution in [0.25, 0.3) is 0 Å². The van der Waals surface area contributed by atoms with Crippen molar-refractivity contribution < 1.29 is 28.7 Å². The maximum Gasteiger partial charge on any atom is 0.347 e. The number of halogens is 1. The van der Waals surface area contributed by atoms with Crippen molar-refractivity contribution in [2.24, 2.45) is 5.10 Å². The van der Waals surface area contributed by atoms with Crippen LogP contribution in [0.5, 0.6) is 0 Å². The molecule has 0 aliphatic carbocycles. The first kappa shape index (κ1) is 36.4. The van der Waals surface area contributed by atoms with Crippen molar-refractivity contribution in [1.29, 1.82) is 0 Å². The third-order valence-electron chi connectivity index (χ3n) is 7.07. The molecule has 40 heavy (non-hydrogen) atoms. The number of hydroxylamine groups is 1. The molecule has 1 heterocycles. The summed E-state index contributed by atoms with van der Waals surface area (Å²) in [7, 11) is 0. The lowest BCUT2D eigenvalue weighted by Gasteiger charge is -2.29. The van der Waals surface area contributed by atoms with Crippen LogP contribution in [0.4, 0.5) is 0 Å². The van der Waals surface area contributed by atoms with Gasteiger partial charge in [0.1, 0.15) is 6.61 Å². The Kier molecular flexibility index (Phi) is 21.8. The summed E-state index contributed by atoms with van der Waals surface area (Å²) in [5, 5.41) is 5.53. The summed E-state index contributed by atoms with van der Waals surface area (Å²) in [6.45, 7) is 5.70. The van der Waals surface area contributed by atoms with E-state index >= 15 is 0 Å². The zero-order valence-electron chi connectivity index (χ0n) is 25.4. The summed E-state index contributed by atoms with van der Waals surface area (Å²) in [5.41, 5.74) is 0.991. The van der Waals surface area contributed by atoms with Crippen LogP contribution in [-0.4, -0.2) is 53.4 Å². The van der Waals surface area contributed by atoms with Gasteiger partial charge in [0.05, 0.1) is 12.5 Å². The minimum atomic E-state index is -1.01. The van der Waals surface area contributed by atoms with Gasteiger partial charge in [-0.25, -0.2) is 9.63 Å². The average Bonchev–Trinajstić information content (AvgIpc) is 2.94. The molecule has 0 saturated carbocycles. The number of carbonyl (C=O) groups excluding carboxylic acids is 3. The van der Waals surface area contributed by atoms with Crippen molar-refractivity contribution in [3.05, 3.63) is 0 Å². The molecule has 1 amide bonds. The number of amides is 1. The minimum Gasteiger partial charge on any atom is -0.462 e. The highest BCUT2D eigenvalue weighted by Crippen LogP contribution is 2.21. The first-order valence-corrected chi connectivity index (χ1v) is 16.4. The maximum atomic E-state index is 12.8. The third kappa shape index (κ3) is 17.9. The van der Waals surface area contributed by atoms with Gasteiger partial charge in [-0.05, 0) is 39.0 Å². The standard InChI is InChI=1S/C31H55ClN2O6/c1-4-6-15-19-27-25-28(20-16-7-5-2)40-34(33-27)29(35)22-24-38-31(37)26(3)39-30(36)21-17-13-11-9-8-10-12-14-18-23-32/h26,28H,4-25H2,1-3H3/t26-,28+/m0/s1. The molecular weight excluding hydrogens is 532 g/mol. The first-order chi connectivity index (χ1) is 19.4. The van der Waals surface area contributed by atoms with E-state index in [2.05, 4.69) is 18.9 Å². The molecule has 0 unspecified atom stereocenters. The quantitative estimate of drug-likeness (QED) is 0.0645. The van der Waals surface area contributed by atoms with Gasteiger partial charge in [-0.15, -0.1) is 16.8 Å². The predicted molar refractivity (Wildman–Crippen MR) is 160 cm³/mol. The van der Waals surface area contributed by atoms with E-state index in [1.165, 1.54) is 39.0 Å². The highest BCUT2D eigenvalue weighted by atomic mass is 35.5. The molecule has 0 bridgehead atoms. The second kappa shape index (κ2) is 24.0. The topological polar surface area (TPSA) is 94.5 Å². The van der Waals surface area contributed by atoms with Gasteiger partial charge in [-0.1, -0.05) is 90.9 Å². The van der Waals surface area contributed by atoms with E-state index in [9.17, 15) is 14.4 Å². The summed E-state index contributed by atoms with van der Waals surface area (Å²) < 4.78 is 10.4. The molecule has 0 N–H and O–H groups in total. The highest BCUT2D eigenvalue weighted by molar-refractivity contribution is 6.17. The Morgan fingerprint density at radius 1 is 0.900 bits per heavy atom. The lowest BCUT2D eigenvalue weighted by atomic mass is 10.0. The molecule has 1 aliphatic heterocycles. The van der Waals surface area contributed by atoms with Crippen LogP contribution in [0.3, 0.4) is 0 Å². The van der Waals surface area contributed by atoms with E-state index in [-0.39, 0.29) is 31.5 Å². The number of hydrazone groups is 1. The van der Waals surface area contributed by atoms with Crippen LogP contribution in [0.2, 0.25) is 0 Å². The Balaban J connectivity index is 2.29. The number of hydrogen-bond donors (Lipinski definition) is 0. The van der Waals surface area contributed by atoms with Crippen molar-refractivity contribution in [3.63, 3.8) is 0 Å². The van der Waals surface area contributed by atoms with Gasteiger partial charge < -0.3 is 9.47 Å². The fraction of sp³-hybridized carbons (Fsp3) is 0.871. The lowest BCUT2D eigenvalue weighted by molar-refractivity contribution is -0.213. The Bertz CT molecular complexity index is 733. The lowest BCUT2D eigenvalue weighted by Crippen LogP contribution is -2.38. The van der Waals surface area contributed by atoms with Gasteiger partial charge in [0.2, 0.25) is 0 Å². The molecule has 9 heteroatoms. The van der Waals surface area contributed by atoms with Crippen LogP contribution >= 0.6 is 11.6 Å². The summed E-state index contributed by atoms with van der Waals surface area (Å²) in [6.07, 6.45) is 18.3. The third-order valence-corrected chi connectivity index (χ3v) is 7.34. The number of rotatable bonds is 24. The molecule has 2 atom stereocenters. The van der Waals surface area contributed by atoms with Crippen molar-refractivity contribution in [2.75, 3.05) is 12.5 Å². The molecule has 0 aromatic rings. The number of unbranched alkanes of at least 4 members (excludes halogenated alkanes) is 12. The summed E-state index contributed by atoms with van der Waals surface area (Å²) in [5.74, 6) is -0.658. The molecule has 0 spiro atoms. The smallest absolute Gasteiger partial charge is 0.347 e. The molecule has 232 valence electrons. The Morgan fingerprint density at radius 3 is 2.17 bits per heavy atom.